The van der Waals surface area contributed by atoms with Gasteiger partial charge in [-0.2, -0.15) is 0 Å². The van der Waals surface area contributed by atoms with E-state index >= 15 is 0 Å². The summed E-state index contributed by atoms with van der Waals surface area (Å²) >= 11 is 3.66. The summed E-state index contributed by atoms with van der Waals surface area (Å²) in [6.07, 6.45) is 4.23. The van der Waals surface area contributed by atoms with E-state index in [4.69, 9.17) is 4.98 Å². The summed E-state index contributed by atoms with van der Waals surface area (Å²) in [6, 6.07) is 10.9. The molecule has 0 atom stereocenters. The van der Waals surface area contributed by atoms with Crippen molar-refractivity contribution in [3.05, 3.63) is 45.9 Å². The first-order valence-corrected chi connectivity index (χ1v) is 11.6. The average molecular weight is 457 g/mol. The van der Waals surface area contributed by atoms with Crippen molar-refractivity contribution in [3.8, 4) is 0 Å². The number of aromatic nitrogens is 2. The predicted octanol–water partition coefficient (Wildman–Crippen LogP) is 6.83. The number of benzene rings is 2. The molecular formula is C24H33BrN4. The zero-order valence-electron chi connectivity index (χ0n) is 18.3. The minimum atomic E-state index is 0.895. The average Bonchev–Trinajstić information content (AvgIpc) is 3.04. The van der Waals surface area contributed by atoms with Crippen LogP contribution in [0, 0.1) is 0 Å². The first-order chi connectivity index (χ1) is 14.0. The smallest absolute Gasteiger partial charge is 0.208 e. The standard InChI is InChI=1S/C24H33BrN4/c1-6-13-29(14-7-2)21-12-10-11-20-23(21)28(5)24(26-20)27-22-17(8-3)15-19(25)16-18(22)9-4/h10-12,15-16H,6-9,13-14H2,1-5H3,(H,26,27). The Hall–Kier alpha value is -2.01. The number of halogens is 1. The fourth-order valence-corrected chi connectivity index (χ4v) is 4.62. The van der Waals surface area contributed by atoms with Crippen molar-refractivity contribution in [1.29, 1.82) is 0 Å². The SMILES string of the molecule is CCCN(CCC)c1cccc2nc(Nc3c(CC)cc(Br)cc3CC)n(C)c12. The summed E-state index contributed by atoms with van der Waals surface area (Å²) in [5, 5.41) is 3.67. The molecule has 1 aromatic heterocycles. The number of anilines is 3. The van der Waals surface area contributed by atoms with E-state index in [-0.39, 0.29) is 0 Å². The van der Waals surface area contributed by atoms with Gasteiger partial charge in [0.1, 0.15) is 0 Å². The van der Waals surface area contributed by atoms with Crippen LogP contribution in [-0.4, -0.2) is 22.6 Å². The van der Waals surface area contributed by atoms with Gasteiger partial charge in [-0.25, -0.2) is 4.98 Å². The lowest BCUT2D eigenvalue weighted by molar-refractivity contribution is 0.745. The highest BCUT2D eigenvalue weighted by molar-refractivity contribution is 9.10. The van der Waals surface area contributed by atoms with Gasteiger partial charge in [0.05, 0.1) is 16.7 Å². The van der Waals surface area contributed by atoms with Crippen molar-refractivity contribution in [2.24, 2.45) is 7.05 Å². The van der Waals surface area contributed by atoms with Crippen LogP contribution in [-0.2, 0) is 19.9 Å². The Balaban J connectivity index is 2.09. The third kappa shape index (κ3) is 4.45. The zero-order chi connectivity index (χ0) is 21.0. The molecule has 0 aliphatic heterocycles. The summed E-state index contributed by atoms with van der Waals surface area (Å²) < 4.78 is 3.35. The molecule has 29 heavy (non-hydrogen) atoms. The fraction of sp³-hybridized carbons (Fsp3) is 0.458. The molecule has 156 valence electrons. The van der Waals surface area contributed by atoms with Gasteiger partial charge in [0.2, 0.25) is 5.95 Å². The third-order valence-electron chi connectivity index (χ3n) is 5.47. The molecule has 0 amide bonds. The Morgan fingerprint density at radius 2 is 1.62 bits per heavy atom. The van der Waals surface area contributed by atoms with Crippen LogP contribution < -0.4 is 10.2 Å². The number of para-hydroxylation sites is 1. The number of hydrogen-bond donors (Lipinski definition) is 1. The Morgan fingerprint density at radius 1 is 1.00 bits per heavy atom. The first kappa shape index (κ1) is 21.7. The maximum absolute atomic E-state index is 4.96. The number of aryl methyl sites for hydroxylation is 3. The zero-order valence-corrected chi connectivity index (χ0v) is 19.9. The van der Waals surface area contributed by atoms with Gasteiger partial charge >= 0.3 is 0 Å². The molecule has 5 heteroatoms. The van der Waals surface area contributed by atoms with Crippen molar-refractivity contribution < 1.29 is 0 Å². The molecule has 0 spiro atoms. The topological polar surface area (TPSA) is 33.1 Å². The summed E-state index contributed by atoms with van der Waals surface area (Å²) in [4.78, 5) is 7.45. The minimum Gasteiger partial charge on any atom is -0.370 e. The van der Waals surface area contributed by atoms with Crippen molar-refractivity contribution in [1.82, 2.24) is 9.55 Å². The molecule has 3 aromatic rings. The minimum absolute atomic E-state index is 0.895. The molecule has 0 fully saturated rings. The molecule has 1 heterocycles. The molecule has 0 saturated heterocycles. The van der Waals surface area contributed by atoms with Gasteiger partial charge in [-0.1, -0.05) is 49.7 Å². The number of hydrogen-bond acceptors (Lipinski definition) is 3. The largest absolute Gasteiger partial charge is 0.370 e. The van der Waals surface area contributed by atoms with Gasteiger partial charge in [0.25, 0.3) is 0 Å². The Kier molecular flexibility index (Phi) is 7.23. The number of nitrogens with zero attached hydrogens (tertiary/aromatic N) is 3. The Bertz CT molecular complexity index is 945. The van der Waals surface area contributed by atoms with Crippen LogP contribution in [0.25, 0.3) is 11.0 Å². The first-order valence-electron chi connectivity index (χ1n) is 10.8. The van der Waals surface area contributed by atoms with Crippen LogP contribution in [0.3, 0.4) is 0 Å². The van der Waals surface area contributed by atoms with Crippen LogP contribution in [0.15, 0.2) is 34.8 Å². The van der Waals surface area contributed by atoms with Crippen LogP contribution >= 0.6 is 15.9 Å². The van der Waals surface area contributed by atoms with Crippen LogP contribution in [0.5, 0.6) is 0 Å². The molecule has 0 unspecified atom stereocenters. The molecule has 0 saturated carbocycles. The number of fused-ring (bicyclic) bond motifs is 1. The molecule has 3 rings (SSSR count). The Labute approximate surface area is 183 Å². The summed E-state index contributed by atoms with van der Waals surface area (Å²) in [5.74, 6) is 0.895. The van der Waals surface area contributed by atoms with Gasteiger partial charge in [-0.3, -0.25) is 0 Å². The molecular weight excluding hydrogens is 424 g/mol. The van der Waals surface area contributed by atoms with E-state index in [1.807, 2.05) is 0 Å². The quantitative estimate of drug-likeness (QED) is 0.382. The lowest BCUT2D eigenvalue weighted by atomic mass is 10.0. The second-order valence-corrected chi connectivity index (χ2v) is 8.47. The van der Waals surface area contributed by atoms with Crippen molar-refractivity contribution in [2.45, 2.75) is 53.4 Å². The van der Waals surface area contributed by atoms with Gasteiger partial charge < -0.3 is 14.8 Å². The van der Waals surface area contributed by atoms with E-state index < -0.39 is 0 Å². The van der Waals surface area contributed by atoms with E-state index in [2.05, 4.69) is 95.8 Å². The van der Waals surface area contributed by atoms with E-state index in [1.54, 1.807) is 0 Å². The van der Waals surface area contributed by atoms with E-state index in [1.165, 1.54) is 28.0 Å². The number of imidazole rings is 1. The van der Waals surface area contributed by atoms with Gasteiger partial charge in [-0.15, -0.1) is 0 Å². The number of nitrogens with one attached hydrogen (secondary N) is 1. The second kappa shape index (κ2) is 9.66. The lowest BCUT2D eigenvalue weighted by Crippen LogP contribution is -2.25. The van der Waals surface area contributed by atoms with Crippen LogP contribution in [0.4, 0.5) is 17.3 Å². The lowest BCUT2D eigenvalue weighted by Gasteiger charge is -2.25. The van der Waals surface area contributed by atoms with Gasteiger partial charge in [0.15, 0.2) is 0 Å². The van der Waals surface area contributed by atoms with Crippen molar-refractivity contribution in [3.63, 3.8) is 0 Å². The normalized spacial score (nSPS) is 11.2. The predicted molar refractivity (Wildman–Crippen MR) is 130 cm³/mol. The molecule has 0 aliphatic carbocycles. The molecule has 0 radical (unpaired) electrons. The summed E-state index contributed by atoms with van der Waals surface area (Å²) in [5.41, 5.74) is 7.32. The monoisotopic (exact) mass is 456 g/mol. The fourth-order valence-electron chi connectivity index (χ4n) is 4.06. The molecule has 4 nitrogen and oxygen atoms in total. The molecule has 0 bridgehead atoms. The van der Waals surface area contributed by atoms with E-state index in [0.29, 0.717) is 0 Å². The molecule has 2 aromatic carbocycles. The highest BCUT2D eigenvalue weighted by Crippen LogP contribution is 2.33. The Morgan fingerprint density at radius 3 is 2.17 bits per heavy atom. The van der Waals surface area contributed by atoms with Gasteiger partial charge in [-0.05, 0) is 61.1 Å². The summed E-state index contributed by atoms with van der Waals surface area (Å²) in [7, 11) is 2.12. The number of rotatable bonds is 9. The highest BCUT2D eigenvalue weighted by atomic mass is 79.9. The van der Waals surface area contributed by atoms with Crippen molar-refractivity contribution >= 4 is 44.3 Å². The van der Waals surface area contributed by atoms with E-state index in [9.17, 15) is 0 Å². The summed E-state index contributed by atoms with van der Waals surface area (Å²) in [6.45, 7) is 11.0. The van der Waals surface area contributed by atoms with E-state index in [0.717, 1.165) is 54.7 Å². The maximum Gasteiger partial charge on any atom is 0.208 e. The van der Waals surface area contributed by atoms with Crippen LogP contribution in [0.1, 0.15) is 51.7 Å². The molecule has 0 aliphatic rings. The van der Waals surface area contributed by atoms with Gasteiger partial charge in [0, 0.05) is 30.3 Å². The molecule has 1 N–H and O–H groups in total. The third-order valence-corrected chi connectivity index (χ3v) is 5.92. The van der Waals surface area contributed by atoms with Crippen molar-refractivity contribution in [2.75, 3.05) is 23.3 Å². The second-order valence-electron chi connectivity index (χ2n) is 7.56. The maximum atomic E-state index is 4.96. The van der Waals surface area contributed by atoms with Crippen LogP contribution in [0.2, 0.25) is 0 Å². The highest BCUT2D eigenvalue weighted by Gasteiger charge is 2.17.